The molecule has 5 heteroatoms. The normalized spacial score (nSPS) is 17.4. The van der Waals surface area contributed by atoms with E-state index < -0.39 is 0 Å². The van der Waals surface area contributed by atoms with Gasteiger partial charge >= 0.3 is 0 Å². The van der Waals surface area contributed by atoms with Gasteiger partial charge in [-0.15, -0.1) is 0 Å². The molecule has 1 amide bonds. The smallest absolute Gasteiger partial charge is 0.246 e. The van der Waals surface area contributed by atoms with Crippen LogP contribution in [-0.2, 0) is 16.6 Å². The number of benzene rings is 2. The minimum Gasteiger partial charge on any atom is -0.356 e. The van der Waals surface area contributed by atoms with E-state index in [1.165, 1.54) is 24.0 Å². The monoisotopic (exact) mass is 362 g/mol. The van der Waals surface area contributed by atoms with E-state index in [1.54, 1.807) is 7.05 Å². The summed E-state index contributed by atoms with van der Waals surface area (Å²) >= 11 is 0. The molecular formula is C22H26N4O. The van der Waals surface area contributed by atoms with Crippen molar-refractivity contribution >= 4 is 17.6 Å². The average Bonchev–Trinajstić information content (AvgIpc) is 3.39. The highest BCUT2D eigenvalue weighted by Crippen LogP contribution is 2.47. The first-order valence-corrected chi connectivity index (χ1v) is 9.60. The lowest BCUT2D eigenvalue weighted by atomic mass is 9.96. The predicted molar refractivity (Wildman–Crippen MR) is 109 cm³/mol. The fourth-order valence-electron chi connectivity index (χ4n) is 3.84. The molecule has 1 aliphatic carbocycles. The van der Waals surface area contributed by atoms with E-state index in [9.17, 15) is 4.79 Å². The second-order valence-electron chi connectivity index (χ2n) is 7.35. The van der Waals surface area contributed by atoms with Crippen molar-refractivity contribution in [3.05, 3.63) is 65.7 Å². The molecule has 1 heterocycles. The minimum absolute atomic E-state index is 0.0760. The lowest BCUT2D eigenvalue weighted by molar-refractivity contribution is -0.117. The average molecular weight is 362 g/mol. The summed E-state index contributed by atoms with van der Waals surface area (Å²) in [6.07, 6.45) is 3.30. The van der Waals surface area contributed by atoms with E-state index in [2.05, 4.69) is 52.0 Å². The number of carbonyl (C=O) groups is 1. The molecule has 0 saturated heterocycles. The Morgan fingerprint density at radius 2 is 1.81 bits per heavy atom. The Morgan fingerprint density at radius 1 is 1.07 bits per heavy atom. The van der Waals surface area contributed by atoms with Crippen LogP contribution in [0.3, 0.4) is 0 Å². The molecule has 2 aromatic rings. The van der Waals surface area contributed by atoms with Gasteiger partial charge in [0.1, 0.15) is 0 Å². The molecule has 140 valence electrons. The number of rotatable bonds is 5. The first-order valence-electron chi connectivity index (χ1n) is 9.60. The van der Waals surface area contributed by atoms with Gasteiger partial charge in [-0.1, -0.05) is 48.5 Å². The number of hydrogen-bond donors (Lipinski definition) is 2. The van der Waals surface area contributed by atoms with Crippen LogP contribution in [0.15, 0.2) is 59.6 Å². The van der Waals surface area contributed by atoms with Crippen molar-refractivity contribution in [3.8, 4) is 0 Å². The fraction of sp³-hybridized carbons (Fsp3) is 0.364. The van der Waals surface area contributed by atoms with E-state index in [1.807, 2.05) is 23.1 Å². The molecule has 27 heavy (non-hydrogen) atoms. The maximum Gasteiger partial charge on any atom is 0.246 e. The van der Waals surface area contributed by atoms with Crippen LogP contribution in [0.1, 0.15) is 24.0 Å². The Morgan fingerprint density at radius 3 is 2.56 bits per heavy atom. The van der Waals surface area contributed by atoms with Gasteiger partial charge in [-0.05, 0) is 36.5 Å². The van der Waals surface area contributed by atoms with Crippen molar-refractivity contribution in [2.75, 3.05) is 31.6 Å². The van der Waals surface area contributed by atoms with E-state index in [-0.39, 0.29) is 17.9 Å². The third-order valence-corrected chi connectivity index (χ3v) is 5.65. The molecule has 1 fully saturated rings. The quantitative estimate of drug-likeness (QED) is 0.635. The zero-order valence-electron chi connectivity index (χ0n) is 15.7. The van der Waals surface area contributed by atoms with Gasteiger partial charge in [0.15, 0.2) is 5.96 Å². The summed E-state index contributed by atoms with van der Waals surface area (Å²) in [5.41, 5.74) is 3.86. The predicted octanol–water partition coefficient (Wildman–Crippen LogP) is 2.47. The first kappa shape index (κ1) is 17.6. The molecule has 5 nitrogen and oxygen atoms in total. The molecule has 0 spiro atoms. The topological polar surface area (TPSA) is 56.7 Å². The fourth-order valence-corrected chi connectivity index (χ4v) is 3.84. The largest absolute Gasteiger partial charge is 0.356 e. The van der Waals surface area contributed by atoms with E-state index in [0.717, 1.165) is 25.2 Å². The Bertz CT molecular complexity index is 842. The summed E-state index contributed by atoms with van der Waals surface area (Å²) < 4.78 is 0. The number of anilines is 1. The summed E-state index contributed by atoms with van der Waals surface area (Å²) in [6.45, 7) is 1.83. The summed E-state index contributed by atoms with van der Waals surface area (Å²) in [7, 11) is 1.74. The number of carbonyl (C=O) groups excluding carboxylic acids is 1. The number of guanidine groups is 1. The van der Waals surface area contributed by atoms with Gasteiger partial charge in [0.05, 0.1) is 6.54 Å². The van der Waals surface area contributed by atoms with Crippen molar-refractivity contribution in [1.29, 1.82) is 0 Å². The molecule has 2 N–H and O–H groups in total. The van der Waals surface area contributed by atoms with Crippen LogP contribution in [0.25, 0.3) is 0 Å². The number of para-hydroxylation sites is 1. The Hall–Kier alpha value is -2.82. The molecule has 4 rings (SSSR count). The zero-order chi connectivity index (χ0) is 18.7. The third-order valence-electron chi connectivity index (χ3n) is 5.65. The highest BCUT2D eigenvalue weighted by Gasteiger charge is 2.44. The molecule has 0 bridgehead atoms. The number of aliphatic imine (C=N–C) groups is 1. The second-order valence-corrected chi connectivity index (χ2v) is 7.35. The molecule has 1 saturated carbocycles. The van der Waals surface area contributed by atoms with Gasteiger partial charge in [0, 0.05) is 31.2 Å². The third kappa shape index (κ3) is 3.68. The Kier molecular flexibility index (Phi) is 4.84. The van der Waals surface area contributed by atoms with Crippen LogP contribution in [0.4, 0.5) is 5.69 Å². The number of amides is 1. The van der Waals surface area contributed by atoms with Crippen LogP contribution >= 0.6 is 0 Å². The molecule has 0 aromatic heterocycles. The van der Waals surface area contributed by atoms with Crippen molar-refractivity contribution in [1.82, 2.24) is 10.6 Å². The van der Waals surface area contributed by atoms with E-state index >= 15 is 0 Å². The summed E-state index contributed by atoms with van der Waals surface area (Å²) in [5, 5.41) is 6.58. The van der Waals surface area contributed by atoms with Gasteiger partial charge < -0.3 is 15.5 Å². The summed E-state index contributed by atoms with van der Waals surface area (Å²) in [4.78, 5) is 18.8. The van der Waals surface area contributed by atoms with Crippen LogP contribution in [0, 0.1) is 0 Å². The van der Waals surface area contributed by atoms with Gasteiger partial charge in [0.25, 0.3) is 0 Å². The van der Waals surface area contributed by atoms with Gasteiger partial charge in [-0.2, -0.15) is 0 Å². The highest BCUT2D eigenvalue weighted by atomic mass is 16.2. The number of hydrogen-bond acceptors (Lipinski definition) is 2. The van der Waals surface area contributed by atoms with Gasteiger partial charge in [0.2, 0.25) is 5.91 Å². The minimum atomic E-state index is 0.0760. The van der Waals surface area contributed by atoms with Crippen molar-refractivity contribution in [2.24, 2.45) is 4.99 Å². The molecule has 1 aliphatic heterocycles. The van der Waals surface area contributed by atoms with Crippen LogP contribution in [0.5, 0.6) is 0 Å². The molecule has 0 unspecified atom stereocenters. The highest BCUT2D eigenvalue weighted by molar-refractivity contribution is 5.98. The van der Waals surface area contributed by atoms with Crippen LogP contribution in [-0.4, -0.2) is 38.5 Å². The van der Waals surface area contributed by atoms with Gasteiger partial charge in [-0.25, -0.2) is 0 Å². The second kappa shape index (κ2) is 7.43. The van der Waals surface area contributed by atoms with Crippen molar-refractivity contribution in [2.45, 2.75) is 24.7 Å². The van der Waals surface area contributed by atoms with E-state index in [0.29, 0.717) is 5.96 Å². The Labute approximate surface area is 160 Å². The SMILES string of the molecule is CN=C(NCC(=O)N1CCc2ccccc21)NCC1(c2ccccc2)CC1. The molecule has 2 aliphatic rings. The first-order chi connectivity index (χ1) is 13.2. The molecule has 0 radical (unpaired) electrons. The molecule has 2 aromatic carbocycles. The maximum atomic E-state index is 12.6. The Balaban J connectivity index is 1.31. The summed E-state index contributed by atoms with van der Waals surface area (Å²) in [5.74, 6) is 0.755. The maximum absolute atomic E-state index is 12.6. The van der Waals surface area contributed by atoms with Crippen molar-refractivity contribution < 1.29 is 4.79 Å². The number of nitrogens with one attached hydrogen (secondary N) is 2. The number of fused-ring (bicyclic) bond motifs is 1. The van der Waals surface area contributed by atoms with Crippen LogP contribution in [0.2, 0.25) is 0 Å². The number of nitrogens with zero attached hydrogens (tertiary/aromatic N) is 2. The van der Waals surface area contributed by atoms with E-state index in [4.69, 9.17) is 0 Å². The van der Waals surface area contributed by atoms with Crippen LogP contribution < -0.4 is 15.5 Å². The zero-order valence-corrected chi connectivity index (χ0v) is 15.7. The lowest BCUT2D eigenvalue weighted by Gasteiger charge is -2.21. The lowest BCUT2D eigenvalue weighted by Crippen LogP contribution is -2.46. The molecule has 0 atom stereocenters. The van der Waals surface area contributed by atoms with Crippen molar-refractivity contribution in [3.63, 3.8) is 0 Å². The van der Waals surface area contributed by atoms with Gasteiger partial charge in [-0.3, -0.25) is 9.79 Å². The summed E-state index contributed by atoms with van der Waals surface area (Å²) in [6, 6.07) is 18.7. The standard InChI is InChI=1S/C22H26N4O/c1-23-21(25-16-22(12-13-22)18-8-3-2-4-9-18)24-15-20(27)26-14-11-17-7-5-6-10-19(17)26/h2-10H,11-16H2,1H3,(H2,23,24,25). The molecular weight excluding hydrogens is 336 g/mol.